The average Bonchev–Trinajstić information content (AvgIpc) is 3.47. The number of hydrogen-bond donors (Lipinski definition) is 1. The zero-order valence-corrected chi connectivity index (χ0v) is 15.7. The molecule has 1 saturated heterocycles. The van der Waals surface area contributed by atoms with Crippen LogP contribution in [-0.2, 0) is 9.53 Å². The molecule has 0 bridgehead atoms. The maximum absolute atomic E-state index is 12.4. The van der Waals surface area contributed by atoms with E-state index in [1.807, 2.05) is 14.1 Å². The van der Waals surface area contributed by atoms with Crippen molar-refractivity contribution in [3.8, 4) is 0 Å². The van der Waals surface area contributed by atoms with Gasteiger partial charge in [-0.05, 0) is 36.5 Å². The molecule has 5 nitrogen and oxygen atoms in total. The van der Waals surface area contributed by atoms with Crippen molar-refractivity contribution in [3.05, 3.63) is 29.8 Å². The summed E-state index contributed by atoms with van der Waals surface area (Å²) in [5, 5.41) is 3.21. The van der Waals surface area contributed by atoms with Crippen LogP contribution in [0.3, 0.4) is 0 Å². The minimum absolute atomic E-state index is 0.140. The first kappa shape index (κ1) is 18.2. The van der Waals surface area contributed by atoms with E-state index in [1.54, 1.807) is 0 Å². The number of hydrogen-bond acceptors (Lipinski definition) is 4. The Labute approximate surface area is 151 Å². The van der Waals surface area contributed by atoms with E-state index in [2.05, 4.69) is 46.3 Å². The second kappa shape index (κ2) is 8.19. The lowest BCUT2D eigenvalue weighted by atomic mass is 10.0. The number of morpholine rings is 1. The van der Waals surface area contributed by atoms with Gasteiger partial charge in [0, 0.05) is 45.3 Å². The first-order chi connectivity index (χ1) is 12.1. The molecule has 1 N–H and O–H groups in total. The van der Waals surface area contributed by atoms with Gasteiger partial charge in [-0.3, -0.25) is 9.69 Å². The quantitative estimate of drug-likeness (QED) is 0.824. The summed E-state index contributed by atoms with van der Waals surface area (Å²) in [6, 6.07) is 8.88. The normalized spacial score (nSPS) is 20.8. The minimum Gasteiger partial charge on any atom is -0.379 e. The molecule has 1 aromatic carbocycles. The van der Waals surface area contributed by atoms with Gasteiger partial charge in [0.15, 0.2) is 0 Å². The standard InChI is InChI=1S/C20H31N3O2/c1-15(16-4-5-16)20(24)21-14-19(23-10-12-25-13-11-23)17-6-8-18(9-7-17)22(2)3/h6-9,15-16,19H,4-5,10-14H2,1-3H3,(H,21,24). The molecule has 5 heteroatoms. The second-order valence-electron chi connectivity index (χ2n) is 7.52. The van der Waals surface area contributed by atoms with E-state index in [0.29, 0.717) is 12.5 Å². The Bertz CT molecular complexity index is 563. The van der Waals surface area contributed by atoms with Crippen LogP contribution in [0.25, 0.3) is 0 Å². The third-order valence-electron chi connectivity index (χ3n) is 5.49. The molecule has 3 rings (SSSR count). The third-order valence-corrected chi connectivity index (χ3v) is 5.49. The van der Waals surface area contributed by atoms with Gasteiger partial charge < -0.3 is 15.0 Å². The largest absolute Gasteiger partial charge is 0.379 e. The molecular formula is C20H31N3O2. The number of carbonyl (C=O) groups excluding carboxylic acids is 1. The summed E-state index contributed by atoms with van der Waals surface area (Å²) in [7, 11) is 4.10. The van der Waals surface area contributed by atoms with Crippen molar-refractivity contribution in [3.63, 3.8) is 0 Å². The fraction of sp³-hybridized carbons (Fsp3) is 0.650. The topological polar surface area (TPSA) is 44.8 Å². The minimum atomic E-state index is 0.140. The number of carbonyl (C=O) groups is 1. The Kier molecular flexibility index (Phi) is 5.97. The monoisotopic (exact) mass is 345 g/mol. The van der Waals surface area contributed by atoms with Gasteiger partial charge in [-0.1, -0.05) is 19.1 Å². The number of amides is 1. The molecule has 0 aromatic heterocycles. The predicted molar refractivity (Wildman–Crippen MR) is 101 cm³/mol. The number of benzene rings is 1. The van der Waals surface area contributed by atoms with Crippen molar-refractivity contribution in [2.24, 2.45) is 11.8 Å². The van der Waals surface area contributed by atoms with Gasteiger partial charge in [0.05, 0.1) is 19.3 Å². The van der Waals surface area contributed by atoms with Gasteiger partial charge in [0.2, 0.25) is 5.91 Å². The molecular weight excluding hydrogens is 314 g/mol. The Morgan fingerprint density at radius 2 is 1.88 bits per heavy atom. The molecule has 1 amide bonds. The first-order valence-electron chi connectivity index (χ1n) is 9.43. The van der Waals surface area contributed by atoms with Crippen LogP contribution < -0.4 is 10.2 Å². The van der Waals surface area contributed by atoms with Crippen molar-refractivity contribution in [2.45, 2.75) is 25.8 Å². The van der Waals surface area contributed by atoms with E-state index in [9.17, 15) is 4.79 Å². The van der Waals surface area contributed by atoms with Crippen molar-refractivity contribution < 1.29 is 9.53 Å². The van der Waals surface area contributed by atoms with Crippen LogP contribution in [0.4, 0.5) is 5.69 Å². The van der Waals surface area contributed by atoms with Gasteiger partial charge in [0.1, 0.15) is 0 Å². The summed E-state index contributed by atoms with van der Waals surface area (Å²) in [4.78, 5) is 17.0. The molecule has 1 aromatic rings. The van der Waals surface area contributed by atoms with Crippen LogP contribution in [0, 0.1) is 11.8 Å². The molecule has 25 heavy (non-hydrogen) atoms. The lowest BCUT2D eigenvalue weighted by molar-refractivity contribution is -0.125. The average molecular weight is 345 g/mol. The van der Waals surface area contributed by atoms with Gasteiger partial charge in [-0.2, -0.15) is 0 Å². The van der Waals surface area contributed by atoms with Crippen LogP contribution in [0.2, 0.25) is 0 Å². The fourth-order valence-corrected chi connectivity index (χ4v) is 3.51. The second-order valence-corrected chi connectivity index (χ2v) is 7.52. The number of nitrogens with one attached hydrogen (secondary N) is 1. The molecule has 2 atom stereocenters. The van der Waals surface area contributed by atoms with Crippen molar-refractivity contribution in [2.75, 3.05) is 51.8 Å². The number of rotatable bonds is 7. The Morgan fingerprint density at radius 3 is 2.44 bits per heavy atom. The lowest BCUT2D eigenvalue weighted by Crippen LogP contribution is -2.44. The summed E-state index contributed by atoms with van der Waals surface area (Å²) in [5.41, 5.74) is 2.45. The van der Waals surface area contributed by atoms with Crippen LogP contribution in [0.15, 0.2) is 24.3 Å². The van der Waals surface area contributed by atoms with Crippen LogP contribution >= 0.6 is 0 Å². The zero-order chi connectivity index (χ0) is 17.8. The molecule has 1 aliphatic carbocycles. The molecule has 2 aliphatic rings. The molecule has 1 saturated carbocycles. The highest BCUT2D eigenvalue weighted by Crippen LogP contribution is 2.36. The molecule has 138 valence electrons. The van der Waals surface area contributed by atoms with E-state index >= 15 is 0 Å². The number of ether oxygens (including phenoxy) is 1. The van der Waals surface area contributed by atoms with Crippen molar-refractivity contribution in [1.29, 1.82) is 0 Å². The molecule has 1 heterocycles. The maximum atomic E-state index is 12.4. The van der Waals surface area contributed by atoms with Gasteiger partial charge in [-0.25, -0.2) is 0 Å². The van der Waals surface area contributed by atoms with Crippen molar-refractivity contribution in [1.82, 2.24) is 10.2 Å². The lowest BCUT2D eigenvalue weighted by Gasteiger charge is -2.35. The highest BCUT2D eigenvalue weighted by molar-refractivity contribution is 5.78. The smallest absolute Gasteiger partial charge is 0.223 e. The summed E-state index contributed by atoms with van der Waals surface area (Å²) in [6.45, 7) is 6.07. The van der Waals surface area contributed by atoms with Crippen LogP contribution in [-0.4, -0.2) is 57.8 Å². The highest BCUT2D eigenvalue weighted by Gasteiger charge is 2.33. The van der Waals surface area contributed by atoms with E-state index in [-0.39, 0.29) is 17.9 Å². The molecule has 0 radical (unpaired) electrons. The first-order valence-corrected chi connectivity index (χ1v) is 9.43. The predicted octanol–water partition coefficient (Wildman–Crippen LogP) is 2.29. The fourth-order valence-electron chi connectivity index (χ4n) is 3.51. The SMILES string of the molecule is CC(C(=O)NCC(c1ccc(N(C)C)cc1)N1CCOCC1)C1CC1. The summed E-state index contributed by atoms with van der Waals surface area (Å²) in [5.74, 6) is 0.938. The molecule has 1 aliphatic heterocycles. The Morgan fingerprint density at radius 1 is 1.24 bits per heavy atom. The Balaban J connectivity index is 1.68. The highest BCUT2D eigenvalue weighted by atomic mass is 16.5. The third kappa shape index (κ3) is 4.73. The van der Waals surface area contributed by atoms with E-state index in [0.717, 1.165) is 26.3 Å². The summed E-state index contributed by atoms with van der Waals surface area (Å²) < 4.78 is 5.50. The number of nitrogens with zero attached hydrogens (tertiary/aromatic N) is 2. The molecule has 2 unspecified atom stereocenters. The van der Waals surface area contributed by atoms with Gasteiger partial charge in [0.25, 0.3) is 0 Å². The molecule has 0 spiro atoms. The van der Waals surface area contributed by atoms with Crippen molar-refractivity contribution >= 4 is 11.6 Å². The van der Waals surface area contributed by atoms with Gasteiger partial charge in [-0.15, -0.1) is 0 Å². The van der Waals surface area contributed by atoms with E-state index in [4.69, 9.17) is 4.74 Å². The van der Waals surface area contributed by atoms with E-state index in [1.165, 1.54) is 24.1 Å². The number of anilines is 1. The van der Waals surface area contributed by atoms with Crippen LogP contribution in [0.1, 0.15) is 31.4 Å². The summed E-state index contributed by atoms with van der Waals surface area (Å²) in [6.07, 6.45) is 2.40. The molecule has 2 fully saturated rings. The maximum Gasteiger partial charge on any atom is 0.223 e. The summed E-state index contributed by atoms with van der Waals surface area (Å²) >= 11 is 0. The van der Waals surface area contributed by atoms with Crippen LogP contribution in [0.5, 0.6) is 0 Å². The van der Waals surface area contributed by atoms with Gasteiger partial charge >= 0.3 is 0 Å². The Hall–Kier alpha value is -1.59. The van der Waals surface area contributed by atoms with E-state index < -0.39 is 0 Å². The zero-order valence-electron chi connectivity index (χ0n) is 15.7.